The van der Waals surface area contributed by atoms with Gasteiger partial charge in [-0.05, 0) is 28.7 Å². The summed E-state index contributed by atoms with van der Waals surface area (Å²) in [6, 6.07) is 0.958. The molecule has 5 heteroatoms. The van der Waals surface area contributed by atoms with E-state index in [9.17, 15) is 9.18 Å². The number of hydrogen-bond acceptors (Lipinski definition) is 1. The third-order valence-corrected chi connectivity index (χ3v) is 3.69. The van der Waals surface area contributed by atoms with Gasteiger partial charge in [-0.2, -0.15) is 0 Å². The predicted octanol–water partition coefficient (Wildman–Crippen LogP) is 3.19. The fraction of sp³-hybridized carbons (Fsp3) is 0. The highest BCUT2D eigenvalue weighted by Crippen LogP contribution is 2.30. The van der Waals surface area contributed by atoms with Crippen LogP contribution in [-0.2, 0) is 4.79 Å². The van der Waals surface area contributed by atoms with Gasteiger partial charge in [0.15, 0.2) is 0 Å². The molecule has 0 aromatic heterocycles. The molecule has 1 aromatic rings. The van der Waals surface area contributed by atoms with Crippen LogP contribution in [0.1, 0.15) is 5.56 Å². The average Bonchev–Trinajstić information content (AvgIpc) is 2.08. The summed E-state index contributed by atoms with van der Waals surface area (Å²) >= 11 is 12.9. The van der Waals surface area contributed by atoms with Gasteiger partial charge in [0, 0.05) is 5.56 Å². The molecule has 1 nitrogen and oxygen atoms in total. The first-order valence-electron chi connectivity index (χ1n) is 2.79. The van der Waals surface area contributed by atoms with E-state index in [0.29, 0.717) is 3.57 Å². The number of carbonyl (C=O) groups excluding carboxylic acids is 1. The van der Waals surface area contributed by atoms with Gasteiger partial charge in [-0.25, -0.2) is 4.39 Å². The molecule has 0 heterocycles. The molecule has 1 rings (SSSR count). The van der Waals surface area contributed by atoms with E-state index in [-0.39, 0.29) is 15.6 Å². The second-order valence-electron chi connectivity index (χ2n) is 1.95. The van der Waals surface area contributed by atoms with Gasteiger partial charge in [0.1, 0.15) is 5.82 Å². The molecule has 0 bridgehead atoms. The lowest BCUT2D eigenvalue weighted by Gasteiger charge is -2.02. The van der Waals surface area contributed by atoms with E-state index < -0.39 is 5.82 Å². The fourth-order valence-electron chi connectivity index (χ4n) is 0.647. The van der Waals surface area contributed by atoms with Crippen molar-refractivity contribution in [3.05, 3.63) is 31.1 Å². The van der Waals surface area contributed by atoms with Crippen LogP contribution in [0.3, 0.4) is 0 Å². The van der Waals surface area contributed by atoms with Crippen LogP contribution in [-0.4, -0.2) is 6.29 Å². The summed E-state index contributed by atoms with van der Waals surface area (Å²) in [5.74, 6) is -0.663. The van der Waals surface area contributed by atoms with Crippen LogP contribution in [0.25, 0.3) is 0 Å². The standard InChI is InChI=1S/C7HCl2FIO/c8-5-3(2-12)1-4(10)6(9)7(5)11/h1H. The summed E-state index contributed by atoms with van der Waals surface area (Å²) in [5.41, 5.74) is -0.0111. The predicted molar refractivity (Wildman–Crippen MR) is 53.9 cm³/mol. The maximum atomic E-state index is 12.8. The van der Waals surface area contributed by atoms with Crippen molar-refractivity contribution in [3.8, 4) is 0 Å². The number of hydrogen-bond donors (Lipinski definition) is 0. The summed E-state index contributed by atoms with van der Waals surface area (Å²) < 4.78 is 13.2. The monoisotopic (exact) mass is 317 g/mol. The van der Waals surface area contributed by atoms with E-state index in [0.717, 1.165) is 6.07 Å². The van der Waals surface area contributed by atoms with E-state index >= 15 is 0 Å². The molecule has 0 aliphatic carbocycles. The van der Waals surface area contributed by atoms with E-state index in [1.807, 2.05) is 0 Å². The third kappa shape index (κ3) is 1.72. The molecule has 0 unspecified atom stereocenters. The first-order valence-corrected chi connectivity index (χ1v) is 4.62. The molecular weight excluding hydrogens is 317 g/mol. The molecule has 0 aliphatic heterocycles. The molecule has 1 aromatic carbocycles. The lowest BCUT2D eigenvalue weighted by molar-refractivity contribution is 0.561. The number of rotatable bonds is 1. The Balaban J connectivity index is 3.49. The van der Waals surface area contributed by atoms with Crippen molar-refractivity contribution in [3.63, 3.8) is 0 Å². The van der Waals surface area contributed by atoms with Crippen LogP contribution in [0.4, 0.5) is 4.39 Å². The largest absolute Gasteiger partial charge is 0.285 e. The van der Waals surface area contributed by atoms with Crippen LogP contribution < -0.4 is 0 Å². The summed E-state index contributed by atoms with van der Waals surface area (Å²) in [6.07, 6.45) is 1.52. The van der Waals surface area contributed by atoms with Crippen molar-refractivity contribution < 1.29 is 9.18 Å². The minimum atomic E-state index is -0.663. The lowest BCUT2D eigenvalue weighted by atomic mass is 10.2. The van der Waals surface area contributed by atoms with Crippen molar-refractivity contribution in [1.82, 2.24) is 0 Å². The molecule has 0 amide bonds. The molecular formula is C7HCl2FIO. The summed E-state index contributed by atoms with van der Waals surface area (Å²) in [4.78, 5) is 10.2. The number of benzene rings is 1. The third-order valence-electron chi connectivity index (χ3n) is 1.21. The van der Waals surface area contributed by atoms with Gasteiger partial charge in [0.25, 0.3) is 0 Å². The Morgan fingerprint density at radius 3 is 2.50 bits per heavy atom. The Morgan fingerprint density at radius 1 is 1.42 bits per heavy atom. The minimum Gasteiger partial charge on any atom is -0.285 e. The van der Waals surface area contributed by atoms with Crippen molar-refractivity contribution in [2.24, 2.45) is 0 Å². The Labute approximate surface area is 92.0 Å². The zero-order valence-corrected chi connectivity index (χ0v) is 9.17. The van der Waals surface area contributed by atoms with Crippen molar-refractivity contribution in [1.29, 1.82) is 0 Å². The zero-order chi connectivity index (χ0) is 9.30. The van der Waals surface area contributed by atoms with Crippen molar-refractivity contribution in [2.75, 3.05) is 0 Å². The highest BCUT2D eigenvalue weighted by atomic mass is 127. The molecule has 0 aliphatic rings. The quantitative estimate of drug-likeness (QED) is 0.442. The molecule has 1 radical (unpaired) electrons. The van der Waals surface area contributed by atoms with Gasteiger partial charge in [-0.1, -0.05) is 23.2 Å². The van der Waals surface area contributed by atoms with Crippen LogP contribution in [0.2, 0.25) is 10.0 Å². The van der Waals surface area contributed by atoms with Crippen LogP contribution in [0, 0.1) is 9.39 Å². The Kier molecular flexibility index (Phi) is 3.31. The second-order valence-corrected chi connectivity index (χ2v) is 3.78. The van der Waals surface area contributed by atoms with Gasteiger partial charge in [0.05, 0.1) is 13.6 Å². The van der Waals surface area contributed by atoms with Crippen molar-refractivity contribution in [2.45, 2.75) is 0 Å². The highest BCUT2D eigenvalue weighted by molar-refractivity contribution is 14.1. The SMILES string of the molecule is O=[C]c1cc(F)c(Cl)c(I)c1Cl. The average molecular weight is 318 g/mol. The van der Waals surface area contributed by atoms with Crippen LogP contribution in [0.15, 0.2) is 6.07 Å². The van der Waals surface area contributed by atoms with E-state index in [1.54, 1.807) is 22.6 Å². The fourth-order valence-corrected chi connectivity index (χ4v) is 1.58. The van der Waals surface area contributed by atoms with E-state index in [1.165, 1.54) is 6.29 Å². The Morgan fingerprint density at radius 2 is 2.00 bits per heavy atom. The second kappa shape index (κ2) is 3.89. The lowest BCUT2D eigenvalue weighted by Crippen LogP contribution is -1.91. The molecule has 0 saturated heterocycles. The first kappa shape index (κ1) is 10.2. The summed E-state index contributed by atoms with van der Waals surface area (Å²) in [5, 5.41) is 0.0663. The maximum Gasteiger partial charge on any atom is 0.235 e. The topological polar surface area (TPSA) is 17.1 Å². The molecule has 0 spiro atoms. The Bertz CT molecular complexity index is 341. The Hall–Kier alpha value is 0.130. The first-order chi connectivity index (χ1) is 5.57. The van der Waals surface area contributed by atoms with E-state index in [4.69, 9.17) is 23.2 Å². The normalized spacial score (nSPS) is 10.0. The van der Waals surface area contributed by atoms with Gasteiger partial charge in [0.2, 0.25) is 6.29 Å². The summed E-state index contributed by atoms with van der Waals surface area (Å²) in [7, 11) is 0. The van der Waals surface area contributed by atoms with Gasteiger partial charge in [-0.15, -0.1) is 0 Å². The molecule has 0 fully saturated rings. The molecule has 63 valence electrons. The molecule has 0 N–H and O–H groups in total. The summed E-state index contributed by atoms with van der Waals surface area (Å²) in [6.45, 7) is 0. The molecule has 0 saturated carbocycles. The molecule has 0 atom stereocenters. The zero-order valence-electron chi connectivity index (χ0n) is 5.50. The maximum absolute atomic E-state index is 12.8. The number of halogens is 4. The molecule has 12 heavy (non-hydrogen) atoms. The van der Waals surface area contributed by atoms with Crippen LogP contribution in [0.5, 0.6) is 0 Å². The van der Waals surface area contributed by atoms with Gasteiger partial charge >= 0.3 is 0 Å². The van der Waals surface area contributed by atoms with Gasteiger partial charge < -0.3 is 0 Å². The smallest absolute Gasteiger partial charge is 0.235 e. The highest BCUT2D eigenvalue weighted by Gasteiger charge is 2.13. The van der Waals surface area contributed by atoms with E-state index in [2.05, 4.69) is 0 Å². The minimum absolute atomic E-state index is 0.0111. The van der Waals surface area contributed by atoms with Gasteiger partial charge in [-0.3, -0.25) is 4.79 Å². The van der Waals surface area contributed by atoms with Crippen LogP contribution >= 0.6 is 45.8 Å². The van der Waals surface area contributed by atoms with Crippen molar-refractivity contribution >= 4 is 52.1 Å².